The van der Waals surface area contributed by atoms with E-state index in [1.807, 2.05) is 0 Å². The molecule has 0 amide bonds. The standard InChI is InChI=1S/C10H15N5O3S/c1-8-13-9(14-18-8)10(12)2-5-15(6-3-10)19(16,17)7-4-11/h2-3,5-7,12H2,1H3. The number of rotatable bonds is 3. The third-order valence-electron chi connectivity index (χ3n) is 3.23. The molecule has 0 spiro atoms. The minimum Gasteiger partial charge on any atom is -0.340 e. The molecule has 1 fully saturated rings. The van der Waals surface area contributed by atoms with Crippen LogP contribution in [0.4, 0.5) is 0 Å². The Hall–Kier alpha value is -1.50. The Balaban J connectivity index is 2.09. The van der Waals surface area contributed by atoms with Gasteiger partial charge in [0.25, 0.3) is 0 Å². The molecule has 1 saturated heterocycles. The van der Waals surface area contributed by atoms with E-state index >= 15 is 0 Å². The normalized spacial score (nSPS) is 20.1. The highest BCUT2D eigenvalue weighted by Crippen LogP contribution is 2.29. The number of nitrogens with two attached hydrogens (primary N) is 1. The van der Waals surface area contributed by atoms with Crippen LogP contribution in [0.2, 0.25) is 0 Å². The molecule has 2 N–H and O–H groups in total. The Bertz CT molecular complexity index is 595. The Morgan fingerprint density at radius 1 is 1.53 bits per heavy atom. The molecule has 2 rings (SSSR count). The van der Waals surface area contributed by atoms with Crippen LogP contribution in [0.3, 0.4) is 0 Å². The van der Waals surface area contributed by atoms with Gasteiger partial charge >= 0.3 is 0 Å². The van der Waals surface area contributed by atoms with Crippen molar-refractivity contribution in [3.05, 3.63) is 11.7 Å². The first kappa shape index (κ1) is 13.9. The van der Waals surface area contributed by atoms with E-state index in [1.54, 1.807) is 13.0 Å². The molecule has 0 atom stereocenters. The van der Waals surface area contributed by atoms with Crippen LogP contribution in [0.1, 0.15) is 24.6 Å². The Morgan fingerprint density at radius 3 is 2.63 bits per heavy atom. The van der Waals surface area contributed by atoms with Crippen molar-refractivity contribution in [1.29, 1.82) is 5.26 Å². The van der Waals surface area contributed by atoms with Crippen molar-refractivity contribution in [1.82, 2.24) is 14.4 Å². The second-order valence-corrected chi connectivity index (χ2v) is 6.58. The topological polar surface area (TPSA) is 126 Å². The Kier molecular flexibility index (Phi) is 3.58. The molecule has 104 valence electrons. The van der Waals surface area contributed by atoms with Crippen molar-refractivity contribution in [3.63, 3.8) is 0 Å². The number of hydrogen-bond donors (Lipinski definition) is 1. The number of hydrogen-bond acceptors (Lipinski definition) is 7. The summed E-state index contributed by atoms with van der Waals surface area (Å²) in [5.41, 5.74) is 5.43. The Labute approximate surface area is 111 Å². The molecule has 1 aliphatic heterocycles. The highest BCUT2D eigenvalue weighted by Gasteiger charge is 2.39. The summed E-state index contributed by atoms with van der Waals surface area (Å²) >= 11 is 0. The monoisotopic (exact) mass is 285 g/mol. The van der Waals surface area contributed by atoms with E-state index in [9.17, 15) is 8.42 Å². The van der Waals surface area contributed by atoms with Crippen LogP contribution in [0.25, 0.3) is 0 Å². The number of nitriles is 1. The summed E-state index contributed by atoms with van der Waals surface area (Å²) in [4.78, 5) is 4.11. The highest BCUT2D eigenvalue weighted by molar-refractivity contribution is 7.89. The third kappa shape index (κ3) is 2.75. The van der Waals surface area contributed by atoms with Gasteiger partial charge in [-0.05, 0) is 12.8 Å². The fraction of sp³-hybridized carbons (Fsp3) is 0.700. The molecule has 1 aliphatic rings. The van der Waals surface area contributed by atoms with E-state index in [0.29, 0.717) is 24.6 Å². The van der Waals surface area contributed by atoms with Gasteiger partial charge < -0.3 is 10.3 Å². The largest absolute Gasteiger partial charge is 0.340 e. The molecule has 2 heterocycles. The van der Waals surface area contributed by atoms with Crippen molar-refractivity contribution in [3.8, 4) is 6.07 Å². The molecule has 0 aromatic carbocycles. The van der Waals surface area contributed by atoms with E-state index < -0.39 is 21.3 Å². The van der Waals surface area contributed by atoms with Gasteiger partial charge in [0, 0.05) is 20.0 Å². The Morgan fingerprint density at radius 2 is 2.16 bits per heavy atom. The molecule has 0 radical (unpaired) electrons. The molecular formula is C10H15N5O3S. The minimum absolute atomic E-state index is 0.258. The molecule has 8 nitrogen and oxygen atoms in total. The van der Waals surface area contributed by atoms with Crippen LogP contribution in [0, 0.1) is 18.3 Å². The van der Waals surface area contributed by atoms with Crippen molar-refractivity contribution >= 4 is 10.0 Å². The van der Waals surface area contributed by atoms with Crippen LogP contribution in [0.5, 0.6) is 0 Å². The second kappa shape index (κ2) is 4.88. The van der Waals surface area contributed by atoms with Gasteiger partial charge in [0.1, 0.15) is 0 Å². The minimum atomic E-state index is -3.51. The van der Waals surface area contributed by atoms with Crippen LogP contribution in [-0.2, 0) is 15.6 Å². The molecule has 19 heavy (non-hydrogen) atoms. The van der Waals surface area contributed by atoms with Gasteiger partial charge in [-0.1, -0.05) is 5.16 Å². The van der Waals surface area contributed by atoms with E-state index in [-0.39, 0.29) is 13.1 Å². The zero-order valence-corrected chi connectivity index (χ0v) is 11.4. The van der Waals surface area contributed by atoms with Gasteiger partial charge in [-0.25, -0.2) is 12.7 Å². The zero-order chi connectivity index (χ0) is 14.1. The number of aromatic nitrogens is 2. The van der Waals surface area contributed by atoms with Gasteiger partial charge in [-0.2, -0.15) is 10.2 Å². The van der Waals surface area contributed by atoms with Crippen molar-refractivity contribution < 1.29 is 12.9 Å². The number of piperidine rings is 1. The highest BCUT2D eigenvalue weighted by atomic mass is 32.2. The number of aryl methyl sites for hydroxylation is 1. The molecule has 0 bridgehead atoms. The van der Waals surface area contributed by atoms with Gasteiger partial charge in [-0.3, -0.25) is 0 Å². The fourth-order valence-corrected chi connectivity index (χ4v) is 3.15. The van der Waals surface area contributed by atoms with E-state index in [4.69, 9.17) is 15.5 Å². The summed E-state index contributed by atoms with van der Waals surface area (Å²) in [5, 5.41) is 12.3. The van der Waals surface area contributed by atoms with Crippen LogP contribution < -0.4 is 5.73 Å². The molecule has 1 aromatic rings. The third-order valence-corrected chi connectivity index (χ3v) is 4.87. The quantitative estimate of drug-likeness (QED) is 0.791. The first-order valence-electron chi connectivity index (χ1n) is 5.82. The first-order chi connectivity index (χ1) is 8.87. The molecule has 0 saturated carbocycles. The lowest BCUT2D eigenvalue weighted by Gasteiger charge is -2.35. The molecule has 1 aromatic heterocycles. The maximum atomic E-state index is 11.8. The summed E-state index contributed by atoms with van der Waals surface area (Å²) in [6.45, 7) is 2.19. The van der Waals surface area contributed by atoms with Crippen LogP contribution in [-0.4, -0.2) is 41.7 Å². The predicted octanol–water partition coefficient (Wildman–Crippen LogP) is -0.519. The lowest BCUT2D eigenvalue weighted by atomic mass is 9.89. The van der Waals surface area contributed by atoms with Crippen LogP contribution in [0.15, 0.2) is 4.52 Å². The lowest BCUT2D eigenvalue weighted by molar-refractivity contribution is 0.223. The maximum Gasteiger partial charge on any atom is 0.227 e. The van der Waals surface area contributed by atoms with Crippen molar-refractivity contribution in [2.24, 2.45) is 5.73 Å². The van der Waals surface area contributed by atoms with Gasteiger partial charge in [0.05, 0.1) is 11.6 Å². The van der Waals surface area contributed by atoms with Crippen molar-refractivity contribution in [2.45, 2.75) is 25.3 Å². The first-order valence-corrected chi connectivity index (χ1v) is 7.43. The van der Waals surface area contributed by atoms with Gasteiger partial charge in [0.2, 0.25) is 15.9 Å². The van der Waals surface area contributed by atoms with Crippen molar-refractivity contribution in [2.75, 3.05) is 18.8 Å². The van der Waals surface area contributed by atoms with E-state index in [2.05, 4.69) is 10.1 Å². The van der Waals surface area contributed by atoms with E-state index in [0.717, 1.165) is 0 Å². The summed E-state index contributed by atoms with van der Waals surface area (Å²) in [7, 11) is -3.51. The van der Waals surface area contributed by atoms with Gasteiger partial charge in [-0.15, -0.1) is 0 Å². The molecule has 0 unspecified atom stereocenters. The number of nitrogens with zero attached hydrogens (tertiary/aromatic N) is 4. The zero-order valence-electron chi connectivity index (χ0n) is 10.5. The summed E-state index contributed by atoms with van der Waals surface area (Å²) in [6.07, 6.45) is 0.799. The summed E-state index contributed by atoms with van der Waals surface area (Å²) in [5.74, 6) is 0.327. The average Bonchev–Trinajstić information content (AvgIpc) is 2.77. The number of sulfonamides is 1. The SMILES string of the molecule is Cc1nc(C2(N)CCN(S(=O)(=O)CC#N)CC2)no1. The van der Waals surface area contributed by atoms with E-state index in [1.165, 1.54) is 4.31 Å². The maximum absolute atomic E-state index is 11.8. The summed E-state index contributed by atoms with van der Waals surface area (Å²) < 4.78 is 29.7. The van der Waals surface area contributed by atoms with Crippen LogP contribution >= 0.6 is 0 Å². The molecular weight excluding hydrogens is 270 g/mol. The van der Waals surface area contributed by atoms with Gasteiger partial charge in [0.15, 0.2) is 11.6 Å². The predicted molar refractivity (Wildman–Crippen MR) is 65.1 cm³/mol. The fourth-order valence-electron chi connectivity index (χ4n) is 2.06. The average molecular weight is 285 g/mol. The summed E-state index contributed by atoms with van der Waals surface area (Å²) in [6, 6.07) is 1.66. The molecule has 0 aliphatic carbocycles. The molecule has 9 heteroatoms. The second-order valence-electron chi connectivity index (χ2n) is 4.61. The smallest absolute Gasteiger partial charge is 0.227 e. The lowest BCUT2D eigenvalue weighted by Crippen LogP contribution is -2.50.